The second-order valence-corrected chi connectivity index (χ2v) is 15.4. The first-order valence-electron chi connectivity index (χ1n) is 4.12. The Balaban J connectivity index is 3.87. The maximum atomic E-state index is 5.79. The Morgan fingerprint density at radius 1 is 1.07 bits per heavy atom. The molecule has 0 unspecified atom stereocenters. The zero-order chi connectivity index (χ0) is 12.3. The zero-order valence-corrected chi connectivity index (χ0v) is 16.4. The molecule has 88 valence electrons. The molecule has 0 atom stereocenters. The van der Waals surface area contributed by atoms with Crippen LogP contribution in [0.25, 0.3) is 0 Å². The quantitative estimate of drug-likeness (QED) is 0.399. The van der Waals surface area contributed by atoms with Crippen LogP contribution in [0.4, 0.5) is 0 Å². The Kier molecular flexibility index (Phi) is 7.34. The van der Waals surface area contributed by atoms with Crippen LogP contribution in [0, 0.1) is 0 Å². The van der Waals surface area contributed by atoms with Crippen LogP contribution in [0.5, 0.6) is 0 Å². The summed E-state index contributed by atoms with van der Waals surface area (Å²) in [6.07, 6.45) is 0. The number of halogens is 5. The molecule has 0 aromatic rings. The van der Waals surface area contributed by atoms with Gasteiger partial charge in [0.25, 0.3) is 0 Å². The fourth-order valence-electron chi connectivity index (χ4n) is 0.470. The summed E-state index contributed by atoms with van der Waals surface area (Å²) in [7, 11) is -1.53. The summed E-state index contributed by atoms with van der Waals surface area (Å²) in [6.45, 7) is 6.19. The van der Waals surface area contributed by atoms with E-state index in [4.69, 9.17) is 64.8 Å². The molecule has 0 radical (unpaired) electrons. The third kappa shape index (κ3) is 8.01. The first-order chi connectivity index (χ1) is 6.46. The molecule has 2 nitrogen and oxygen atoms in total. The fourth-order valence-corrected chi connectivity index (χ4v) is 5.34. The molecule has 0 rings (SSSR count). The molecular weight excluding hydrogens is 375 g/mol. The van der Waals surface area contributed by atoms with Gasteiger partial charge in [-0.2, -0.15) is 0 Å². The summed E-state index contributed by atoms with van der Waals surface area (Å²) >= 11 is 26.8. The molecular formula is C6H11Cl5O2SiZn. The third-order valence-electron chi connectivity index (χ3n) is 1.27. The van der Waals surface area contributed by atoms with Crippen molar-refractivity contribution in [2.75, 3.05) is 6.61 Å². The Morgan fingerprint density at radius 3 is 1.87 bits per heavy atom. The van der Waals surface area contributed by atoms with E-state index in [1.54, 1.807) is 0 Å². The van der Waals surface area contributed by atoms with E-state index in [0.717, 1.165) is 0 Å². The minimum absolute atomic E-state index is 0.0307. The van der Waals surface area contributed by atoms with Crippen molar-refractivity contribution in [2.45, 2.75) is 27.8 Å². The van der Waals surface area contributed by atoms with Gasteiger partial charge in [-0.1, -0.05) is 0 Å². The van der Waals surface area contributed by atoms with Crippen LogP contribution in [-0.4, -0.2) is 23.1 Å². The standard InChI is InChI=1S/C3H2Cl5O.C3H9OSi.Zn/c4-2(5,1-9)3(6,7)8;1-5(2,3)4;/h1H2;1-3H3;/q2*-1;+2. The summed E-state index contributed by atoms with van der Waals surface area (Å²) in [5.41, 5.74) is 0. The van der Waals surface area contributed by atoms with Gasteiger partial charge in [-0.05, 0) is 0 Å². The Hall–Kier alpha value is 2.21. The van der Waals surface area contributed by atoms with Crippen molar-refractivity contribution in [1.82, 2.24) is 0 Å². The minimum atomic E-state index is -1.77. The normalized spacial score (nSPS) is 13.9. The van der Waals surface area contributed by atoms with Crippen LogP contribution < -0.4 is 0 Å². The van der Waals surface area contributed by atoms with Gasteiger partial charge >= 0.3 is 125 Å². The van der Waals surface area contributed by atoms with Crippen molar-refractivity contribution in [3.05, 3.63) is 0 Å². The molecule has 0 aliphatic carbocycles. The second-order valence-electron chi connectivity index (χ2n) is 3.93. The van der Waals surface area contributed by atoms with E-state index >= 15 is 0 Å². The molecule has 0 heterocycles. The summed E-state index contributed by atoms with van der Waals surface area (Å²) < 4.78 is 7.58. The maximum absolute atomic E-state index is 5.79. The van der Waals surface area contributed by atoms with E-state index in [0.29, 0.717) is 0 Å². The van der Waals surface area contributed by atoms with Crippen LogP contribution in [0.2, 0.25) is 19.6 Å². The van der Waals surface area contributed by atoms with Gasteiger partial charge in [0, 0.05) is 0 Å². The van der Waals surface area contributed by atoms with Gasteiger partial charge in [0.1, 0.15) is 0 Å². The van der Waals surface area contributed by atoms with Crippen molar-refractivity contribution in [3.63, 3.8) is 0 Å². The van der Waals surface area contributed by atoms with Gasteiger partial charge in [-0.25, -0.2) is 0 Å². The molecule has 0 amide bonds. The SMILES string of the molecule is C[Si](C)(C)[O][Zn][O]CC(Cl)(Cl)C(Cl)(Cl)Cl. The van der Waals surface area contributed by atoms with E-state index in [1.165, 1.54) is 0 Å². The Bertz CT molecular complexity index is 203. The molecule has 15 heavy (non-hydrogen) atoms. The molecule has 0 aromatic carbocycles. The van der Waals surface area contributed by atoms with E-state index in [1.807, 2.05) is 0 Å². The van der Waals surface area contributed by atoms with Crippen LogP contribution >= 0.6 is 58.0 Å². The van der Waals surface area contributed by atoms with Gasteiger partial charge in [0.05, 0.1) is 0 Å². The van der Waals surface area contributed by atoms with E-state index < -0.39 is 34.3 Å². The molecule has 0 saturated heterocycles. The molecule has 0 saturated carbocycles. The monoisotopic (exact) mass is 382 g/mol. The Labute approximate surface area is 124 Å². The second kappa shape index (κ2) is 6.40. The van der Waals surface area contributed by atoms with Crippen LogP contribution in [0.15, 0.2) is 0 Å². The first-order valence-corrected chi connectivity index (χ1v) is 11.8. The molecule has 0 aliphatic heterocycles. The summed E-state index contributed by atoms with van der Waals surface area (Å²) in [6, 6.07) is 0. The van der Waals surface area contributed by atoms with Gasteiger partial charge < -0.3 is 0 Å². The van der Waals surface area contributed by atoms with Gasteiger partial charge in [0.15, 0.2) is 0 Å². The van der Waals surface area contributed by atoms with Gasteiger partial charge in [0.2, 0.25) is 0 Å². The summed E-state index contributed by atoms with van der Waals surface area (Å²) in [5.74, 6) is 0. The van der Waals surface area contributed by atoms with E-state index in [9.17, 15) is 0 Å². The van der Waals surface area contributed by atoms with Crippen LogP contribution in [-0.2, 0) is 24.7 Å². The molecule has 9 heteroatoms. The van der Waals surface area contributed by atoms with E-state index in [-0.39, 0.29) is 6.61 Å². The van der Waals surface area contributed by atoms with Crippen molar-refractivity contribution < 1.29 is 24.7 Å². The first kappa shape index (κ1) is 17.2. The molecule has 0 aliphatic rings. The topological polar surface area (TPSA) is 18.5 Å². The summed E-state index contributed by atoms with van der Waals surface area (Å²) in [4.78, 5) is 0. The number of alkyl halides is 5. The van der Waals surface area contributed by atoms with Crippen LogP contribution in [0.3, 0.4) is 0 Å². The average Bonchev–Trinajstić information content (AvgIpc) is 1.94. The molecule has 0 N–H and O–H groups in total. The molecule has 0 aromatic heterocycles. The average molecular weight is 386 g/mol. The fraction of sp³-hybridized carbons (Fsp3) is 1.00. The number of hydrogen-bond donors (Lipinski definition) is 0. The van der Waals surface area contributed by atoms with Gasteiger partial charge in [-0.3, -0.25) is 0 Å². The van der Waals surface area contributed by atoms with Gasteiger partial charge in [-0.15, -0.1) is 0 Å². The molecule has 0 spiro atoms. The predicted octanol–water partition coefficient (Wildman–Crippen LogP) is 4.31. The number of hydrogen-bond acceptors (Lipinski definition) is 2. The van der Waals surface area contributed by atoms with Crippen molar-refractivity contribution in [2.24, 2.45) is 0 Å². The van der Waals surface area contributed by atoms with Crippen molar-refractivity contribution >= 4 is 66.3 Å². The molecule has 0 bridgehead atoms. The van der Waals surface area contributed by atoms with Crippen molar-refractivity contribution in [1.29, 1.82) is 0 Å². The molecule has 0 fully saturated rings. The zero-order valence-electron chi connectivity index (χ0n) is 8.62. The Morgan fingerprint density at radius 2 is 1.53 bits per heavy atom. The predicted molar refractivity (Wildman–Crippen MR) is 65.1 cm³/mol. The van der Waals surface area contributed by atoms with Crippen molar-refractivity contribution in [3.8, 4) is 0 Å². The summed E-state index contributed by atoms with van der Waals surface area (Å²) in [5, 5.41) is 0. The van der Waals surface area contributed by atoms with Crippen LogP contribution in [0.1, 0.15) is 0 Å². The van der Waals surface area contributed by atoms with E-state index in [2.05, 4.69) is 19.6 Å². The third-order valence-corrected chi connectivity index (χ3v) is 11.6. The number of rotatable bonds is 5.